The van der Waals surface area contributed by atoms with E-state index in [9.17, 15) is 4.79 Å². The topological polar surface area (TPSA) is 111 Å². The number of carbonyl (C=O) groups excluding carboxylic acids is 1. The Labute approximate surface area is 244 Å². The number of nitrogens with zero attached hydrogens (tertiary/aromatic N) is 7. The fourth-order valence-electron chi connectivity index (χ4n) is 5.27. The van der Waals surface area contributed by atoms with E-state index in [4.69, 9.17) is 35.5 Å². The number of morpholine rings is 1. The van der Waals surface area contributed by atoms with Crippen LogP contribution in [0.1, 0.15) is 28.1 Å². The van der Waals surface area contributed by atoms with Gasteiger partial charge in [-0.3, -0.25) is 4.79 Å². The fraction of sp³-hybridized carbons (Fsp3) is 0.321. The summed E-state index contributed by atoms with van der Waals surface area (Å²) in [7, 11) is 0. The number of aryl methyl sites for hydroxylation is 1. The summed E-state index contributed by atoms with van der Waals surface area (Å²) in [5.41, 5.74) is 3.15. The number of amides is 1. The first kappa shape index (κ1) is 25.9. The van der Waals surface area contributed by atoms with E-state index in [2.05, 4.69) is 15.0 Å². The first-order chi connectivity index (χ1) is 20.0. The number of benzene rings is 1. The molecule has 2 aliphatic heterocycles. The van der Waals surface area contributed by atoms with Crippen LogP contribution in [0.15, 0.2) is 53.1 Å². The van der Waals surface area contributed by atoms with Crippen LogP contribution < -0.4 is 9.64 Å². The van der Waals surface area contributed by atoms with Gasteiger partial charge >= 0.3 is 0 Å². The molecule has 0 aliphatic carbocycles. The van der Waals surface area contributed by atoms with Gasteiger partial charge < -0.3 is 23.7 Å². The normalized spacial score (nSPS) is 17.2. The van der Waals surface area contributed by atoms with Gasteiger partial charge in [-0.1, -0.05) is 41.1 Å². The van der Waals surface area contributed by atoms with Crippen LogP contribution in [-0.2, 0) is 16.0 Å². The van der Waals surface area contributed by atoms with Gasteiger partial charge in [0.25, 0.3) is 5.91 Å². The molecule has 0 saturated carbocycles. The Kier molecular flexibility index (Phi) is 6.81. The van der Waals surface area contributed by atoms with E-state index >= 15 is 0 Å². The molecule has 1 fully saturated rings. The number of fused-ring (bicyclic) bond motifs is 3. The summed E-state index contributed by atoms with van der Waals surface area (Å²) < 4.78 is 19.0. The van der Waals surface area contributed by atoms with Gasteiger partial charge in [-0.05, 0) is 31.2 Å². The summed E-state index contributed by atoms with van der Waals surface area (Å²) in [6.45, 7) is 4.94. The molecule has 4 aromatic heterocycles. The van der Waals surface area contributed by atoms with E-state index in [1.807, 2.05) is 47.8 Å². The van der Waals surface area contributed by atoms with Gasteiger partial charge in [0.05, 0.1) is 24.6 Å². The molecule has 11 nitrogen and oxygen atoms in total. The van der Waals surface area contributed by atoms with E-state index in [0.29, 0.717) is 43.5 Å². The van der Waals surface area contributed by atoms with Crippen LogP contribution in [0, 0.1) is 6.92 Å². The lowest BCUT2D eigenvalue weighted by Crippen LogP contribution is -2.43. The van der Waals surface area contributed by atoms with Gasteiger partial charge in [0.2, 0.25) is 10.9 Å². The van der Waals surface area contributed by atoms with Crippen LogP contribution in [0.25, 0.3) is 16.4 Å². The lowest BCUT2D eigenvalue weighted by molar-refractivity contribution is -0.135. The molecule has 2 aliphatic rings. The van der Waals surface area contributed by atoms with E-state index in [0.717, 1.165) is 45.8 Å². The van der Waals surface area contributed by atoms with Crippen molar-refractivity contribution in [1.29, 1.82) is 0 Å². The van der Waals surface area contributed by atoms with Crippen molar-refractivity contribution in [2.75, 3.05) is 44.4 Å². The third kappa shape index (κ3) is 4.92. The Morgan fingerprint density at radius 3 is 2.73 bits per heavy atom. The second-order valence-electron chi connectivity index (χ2n) is 9.79. The maximum atomic E-state index is 13.7. The van der Waals surface area contributed by atoms with Crippen LogP contribution >= 0.6 is 22.9 Å². The van der Waals surface area contributed by atoms with Crippen molar-refractivity contribution in [3.63, 3.8) is 0 Å². The number of imidazole rings is 1. The highest BCUT2D eigenvalue weighted by Crippen LogP contribution is 2.37. The minimum absolute atomic E-state index is 0.207. The van der Waals surface area contributed by atoms with Crippen LogP contribution in [0.5, 0.6) is 5.75 Å². The Bertz CT molecular complexity index is 1710. The molecule has 41 heavy (non-hydrogen) atoms. The molecule has 7 rings (SSSR count). The van der Waals surface area contributed by atoms with E-state index in [1.54, 1.807) is 17.2 Å². The largest absolute Gasteiger partial charge is 0.481 e. The van der Waals surface area contributed by atoms with Crippen molar-refractivity contribution < 1.29 is 18.7 Å². The average molecular weight is 592 g/mol. The first-order valence-corrected chi connectivity index (χ1v) is 14.5. The van der Waals surface area contributed by atoms with Gasteiger partial charge in [-0.15, -0.1) is 0 Å². The minimum atomic E-state index is -0.551. The maximum absolute atomic E-state index is 13.7. The summed E-state index contributed by atoms with van der Waals surface area (Å²) >= 11 is 7.98. The summed E-state index contributed by atoms with van der Waals surface area (Å²) in [5.74, 6) is 1.36. The van der Waals surface area contributed by atoms with Gasteiger partial charge in [-0.25, -0.2) is 19.5 Å². The van der Waals surface area contributed by atoms with Crippen LogP contribution in [0.2, 0.25) is 5.15 Å². The summed E-state index contributed by atoms with van der Waals surface area (Å²) in [5, 5.41) is 5.77. The number of oxazole rings is 1. The molecular formula is C28H26ClN7O4S. The standard InChI is InChI=1S/C28H26ClN7O4S/c1-17-33-36-25-19(31-28(36)41-17)9-10-35(24(25)20-15-40-27(30-20)18-5-3-2-4-6-18)23(37)16-39-21-7-8-22(32-26(21)29)34-11-13-38-14-12-34/h2-8,15,24H,9-14,16H2,1H3. The highest BCUT2D eigenvalue weighted by atomic mass is 35.5. The lowest BCUT2D eigenvalue weighted by atomic mass is 10.00. The minimum Gasteiger partial charge on any atom is -0.481 e. The molecule has 1 aromatic carbocycles. The van der Waals surface area contributed by atoms with Gasteiger partial charge in [-0.2, -0.15) is 5.10 Å². The fourth-order valence-corrected chi connectivity index (χ4v) is 6.24. The predicted molar refractivity (Wildman–Crippen MR) is 153 cm³/mol. The third-order valence-corrected chi connectivity index (χ3v) is 8.30. The number of anilines is 1. The van der Waals surface area contributed by atoms with Crippen molar-refractivity contribution >= 4 is 39.6 Å². The number of pyridine rings is 1. The van der Waals surface area contributed by atoms with Crippen LogP contribution in [0.4, 0.5) is 5.82 Å². The second-order valence-corrected chi connectivity index (χ2v) is 11.3. The highest BCUT2D eigenvalue weighted by Gasteiger charge is 2.38. The molecule has 0 radical (unpaired) electrons. The van der Waals surface area contributed by atoms with E-state index in [-0.39, 0.29) is 17.7 Å². The molecule has 1 amide bonds. The summed E-state index contributed by atoms with van der Waals surface area (Å²) in [6, 6.07) is 12.7. The molecular weight excluding hydrogens is 566 g/mol. The van der Waals surface area contributed by atoms with Crippen molar-refractivity contribution in [2.24, 2.45) is 0 Å². The SMILES string of the molecule is Cc1nn2c3c(nc2s1)CCN(C(=O)COc1ccc(N2CCOCC2)nc1Cl)C3c1coc(-c2ccccc2)n1. The first-order valence-electron chi connectivity index (χ1n) is 13.3. The second kappa shape index (κ2) is 10.8. The van der Waals surface area contributed by atoms with Gasteiger partial charge in [0, 0.05) is 31.6 Å². The van der Waals surface area contributed by atoms with Crippen LogP contribution in [0.3, 0.4) is 0 Å². The third-order valence-electron chi connectivity index (χ3n) is 7.20. The van der Waals surface area contributed by atoms with E-state index < -0.39 is 6.04 Å². The Morgan fingerprint density at radius 2 is 1.93 bits per heavy atom. The molecule has 0 spiro atoms. The number of carbonyl (C=O) groups is 1. The van der Waals surface area contributed by atoms with Gasteiger partial charge in [0.15, 0.2) is 17.5 Å². The van der Waals surface area contributed by atoms with E-state index in [1.165, 1.54) is 11.3 Å². The van der Waals surface area contributed by atoms with Crippen molar-refractivity contribution in [1.82, 2.24) is 29.5 Å². The van der Waals surface area contributed by atoms with Crippen molar-refractivity contribution in [2.45, 2.75) is 19.4 Å². The molecule has 210 valence electrons. The highest BCUT2D eigenvalue weighted by molar-refractivity contribution is 7.16. The number of halogens is 1. The smallest absolute Gasteiger partial charge is 0.261 e. The molecule has 1 saturated heterocycles. The zero-order valence-electron chi connectivity index (χ0n) is 22.2. The maximum Gasteiger partial charge on any atom is 0.261 e. The molecule has 5 aromatic rings. The molecule has 6 heterocycles. The number of aromatic nitrogens is 5. The molecule has 0 bridgehead atoms. The number of ether oxygens (including phenoxy) is 2. The zero-order chi connectivity index (χ0) is 27.9. The average Bonchev–Trinajstić information content (AvgIpc) is 3.71. The molecule has 0 N–H and O–H groups in total. The Morgan fingerprint density at radius 1 is 1.10 bits per heavy atom. The Balaban J connectivity index is 1.17. The van der Waals surface area contributed by atoms with Crippen molar-refractivity contribution in [3.8, 4) is 17.2 Å². The Hall–Kier alpha value is -4.00. The summed E-state index contributed by atoms with van der Waals surface area (Å²) in [4.78, 5) is 32.5. The molecule has 1 atom stereocenters. The number of hydrogen-bond acceptors (Lipinski definition) is 10. The molecule has 1 unspecified atom stereocenters. The zero-order valence-corrected chi connectivity index (χ0v) is 23.8. The molecule has 13 heteroatoms. The lowest BCUT2D eigenvalue weighted by Gasteiger charge is -2.34. The quantitative estimate of drug-likeness (QED) is 0.268. The van der Waals surface area contributed by atoms with Gasteiger partial charge in [0.1, 0.15) is 28.8 Å². The summed E-state index contributed by atoms with van der Waals surface area (Å²) in [6.07, 6.45) is 2.19. The number of hydrogen-bond donors (Lipinski definition) is 0. The predicted octanol–water partition coefficient (Wildman–Crippen LogP) is 4.19. The van der Waals surface area contributed by atoms with Crippen LogP contribution in [-0.4, -0.2) is 74.8 Å². The monoisotopic (exact) mass is 591 g/mol. The number of rotatable bonds is 6. The van der Waals surface area contributed by atoms with Crippen molar-refractivity contribution in [3.05, 3.63) is 76.0 Å².